The third-order valence-corrected chi connectivity index (χ3v) is 6.11. The molecule has 0 aromatic heterocycles. The maximum atomic E-state index is 13.4. The standard InChI is InChI=1S/C27H37N9O4/c1-33-24(38)19(14-17-9-11-18(12-10-17)22(28)29)25(39)36-21(15-16-6-3-2-4-7-16)26(40)35-20(23(30)37)8-5-13-34-27(31)32/h2-4,6-7,9-12,19-21H,5,8,13-15H2,1H3,(H3,28,29)(H2,30,37)(H,33,38)(H,35,40)(H,36,39)(H4,31,32,34)/t19?,20-,21-/m0/s1. The van der Waals surface area contributed by atoms with Crippen molar-refractivity contribution in [1.29, 1.82) is 5.41 Å². The minimum Gasteiger partial charge on any atom is -0.384 e. The van der Waals surface area contributed by atoms with E-state index in [1.807, 2.05) is 6.07 Å². The Bertz CT molecular complexity index is 1210. The summed E-state index contributed by atoms with van der Waals surface area (Å²) in [6, 6.07) is 13.4. The lowest BCUT2D eigenvalue weighted by Crippen LogP contribution is -2.55. The van der Waals surface area contributed by atoms with Crippen LogP contribution in [-0.4, -0.2) is 61.1 Å². The number of carbonyl (C=O) groups excluding carboxylic acids is 4. The Balaban J connectivity index is 2.24. The molecule has 13 nitrogen and oxygen atoms in total. The molecule has 4 amide bonds. The zero-order valence-corrected chi connectivity index (χ0v) is 22.4. The van der Waals surface area contributed by atoms with Gasteiger partial charge in [-0.25, -0.2) is 0 Å². The van der Waals surface area contributed by atoms with Crippen molar-refractivity contribution in [2.75, 3.05) is 13.6 Å². The molecule has 0 aliphatic carbocycles. The van der Waals surface area contributed by atoms with Crippen LogP contribution in [0.3, 0.4) is 0 Å². The Labute approximate surface area is 232 Å². The van der Waals surface area contributed by atoms with Gasteiger partial charge in [0, 0.05) is 25.6 Å². The first-order valence-electron chi connectivity index (χ1n) is 12.7. The second kappa shape index (κ2) is 15.5. The molecule has 2 aromatic rings. The van der Waals surface area contributed by atoms with E-state index in [-0.39, 0.29) is 37.6 Å². The summed E-state index contributed by atoms with van der Waals surface area (Å²) >= 11 is 0. The van der Waals surface area contributed by atoms with Gasteiger partial charge in [-0.2, -0.15) is 0 Å². The summed E-state index contributed by atoms with van der Waals surface area (Å²) in [7, 11) is 1.41. The zero-order valence-electron chi connectivity index (χ0n) is 22.4. The molecule has 0 heterocycles. The van der Waals surface area contributed by atoms with E-state index in [0.29, 0.717) is 17.5 Å². The van der Waals surface area contributed by atoms with Crippen LogP contribution in [0.2, 0.25) is 0 Å². The quantitative estimate of drug-likeness (QED) is 0.0570. The van der Waals surface area contributed by atoms with Gasteiger partial charge in [-0.3, -0.25) is 29.6 Å². The Morgan fingerprint density at radius 1 is 0.800 bits per heavy atom. The number of nitrogens with zero attached hydrogens (tertiary/aromatic N) is 1. The summed E-state index contributed by atoms with van der Waals surface area (Å²) in [4.78, 5) is 55.3. The van der Waals surface area contributed by atoms with Crippen molar-refractivity contribution in [3.63, 3.8) is 0 Å². The third kappa shape index (κ3) is 10.1. The van der Waals surface area contributed by atoms with E-state index in [4.69, 9.17) is 28.3 Å². The van der Waals surface area contributed by atoms with Crippen LogP contribution in [0.15, 0.2) is 59.6 Å². The molecule has 1 unspecified atom stereocenters. The van der Waals surface area contributed by atoms with Gasteiger partial charge in [0.1, 0.15) is 23.8 Å². The van der Waals surface area contributed by atoms with Gasteiger partial charge in [-0.15, -0.1) is 0 Å². The molecule has 0 saturated heterocycles. The molecular formula is C27H37N9O4. The predicted octanol–water partition coefficient (Wildman–Crippen LogP) is -1.37. The molecule has 40 heavy (non-hydrogen) atoms. The summed E-state index contributed by atoms with van der Waals surface area (Å²) in [5, 5.41) is 15.3. The Hall–Kier alpha value is -4.94. The Morgan fingerprint density at radius 2 is 1.40 bits per heavy atom. The molecule has 0 bridgehead atoms. The first kappa shape index (κ1) is 31.3. The molecule has 0 spiro atoms. The van der Waals surface area contributed by atoms with Crippen LogP contribution < -0.4 is 38.9 Å². The van der Waals surface area contributed by atoms with Gasteiger partial charge in [0.05, 0.1) is 0 Å². The number of carbonyl (C=O) groups is 4. The molecule has 0 aliphatic rings. The van der Waals surface area contributed by atoms with E-state index < -0.39 is 41.6 Å². The summed E-state index contributed by atoms with van der Waals surface area (Å²) in [6.07, 6.45) is 0.702. The molecule has 0 saturated carbocycles. The van der Waals surface area contributed by atoms with E-state index in [1.54, 1.807) is 48.5 Å². The number of rotatable bonds is 15. The molecule has 214 valence electrons. The lowest BCUT2D eigenvalue weighted by atomic mass is 9.95. The van der Waals surface area contributed by atoms with Crippen LogP contribution in [0.4, 0.5) is 0 Å². The van der Waals surface area contributed by atoms with Crippen LogP contribution in [0.1, 0.15) is 29.5 Å². The fourth-order valence-electron chi connectivity index (χ4n) is 3.93. The second-order valence-corrected chi connectivity index (χ2v) is 9.14. The van der Waals surface area contributed by atoms with Crippen molar-refractivity contribution >= 4 is 35.4 Å². The first-order valence-corrected chi connectivity index (χ1v) is 12.7. The van der Waals surface area contributed by atoms with Crippen LogP contribution in [0.25, 0.3) is 0 Å². The maximum absolute atomic E-state index is 13.4. The number of hydrogen-bond acceptors (Lipinski definition) is 6. The fourth-order valence-corrected chi connectivity index (χ4v) is 3.93. The minimum atomic E-state index is -1.16. The SMILES string of the molecule is CNC(=O)C(Cc1ccc(C(=N)N)cc1)C(=O)N[C@@H](Cc1ccccc1)C(=O)N[C@@H](CCCN=C(N)N)C(N)=O. The van der Waals surface area contributed by atoms with Crippen molar-refractivity contribution < 1.29 is 19.2 Å². The van der Waals surface area contributed by atoms with Crippen LogP contribution in [0, 0.1) is 11.3 Å². The number of nitrogen functional groups attached to an aromatic ring is 1. The van der Waals surface area contributed by atoms with E-state index in [0.717, 1.165) is 5.56 Å². The number of benzene rings is 2. The number of aliphatic imine (C=N–C) groups is 1. The highest BCUT2D eigenvalue weighted by molar-refractivity contribution is 6.02. The van der Waals surface area contributed by atoms with Crippen molar-refractivity contribution in [2.24, 2.45) is 33.8 Å². The zero-order chi connectivity index (χ0) is 29.7. The van der Waals surface area contributed by atoms with Crippen LogP contribution in [-0.2, 0) is 32.0 Å². The lowest BCUT2D eigenvalue weighted by Gasteiger charge is -2.24. The predicted molar refractivity (Wildman–Crippen MR) is 152 cm³/mol. The molecular weight excluding hydrogens is 514 g/mol. The summed E-state index contributed by atoms with van der Waals surface area (Å²) in [5.41, 5.74) is 23.6. The lowest BCUT2D eigenvalue weighted by molar-refractivity contribution is -0.137. The summed E-state index contributed by atoms with van der Waals surface area (Å²) < 4.78 is 0. The van der Waals surface area contributed by atoms with E-state index in [2.05, 4.69) is 20.9 Å². The normalized spacial score (nSPS) is 12.7. The second-order valence-electron chi connectivity index (χ2n) is 9.14. The summed E-state index contributed by atoms with van der Waals surface area (Å²) in [6.45, 7) is 0.243. The molecule has 3 atom stereocenters. The topological polar surface area (TPSA) is 245 Å². The number of primary amides is 1. The van der Waals surface area contributed by atoms with Gasteiger partial charge < -0.3 is 38.9 Å². The first-order chi connectivity index (χ1) is 19.0. The highest BCUT2D eigenvalue weighted by Gasteiger charge is 2.31. The van der Waals surface area contributed by atoms with Gasteiger partial charge >= 0.3 is 0 Å². The van der Waals surface area contributed by atoms with Crippen molar-refractivity contribution in [3.05, 3.63) is 71.3 Å². The smallest absolute Gasteiger partial charge is 0.243 e. The minimum absolute atomic E-state index is 0.0398. The van der Waals surface area contributed by atoms with E-state index in [9.17, 15) is 19.2 Å². The fraction of sp³-hybridized carbons (Fsp3) is 0.333. The molecule has 12 N–H and O–H groups in total. The monoisotopic (exact) mass is 551 g/mol. The number of hydrogen-bond donors (Lipinski definition) is 8. The van der Waals surface area contributed by atoms with E-state index >= 15 is 0 Å². The number of amides is 4. The molecule has 0 aliphatic heterocycles. The Kier molecular flexibility index (Phi) is 12.1. The average Bonchev–Trinajstić information content (AvgIpc) is 2.92. The van der Waals surface area contributed by atoms with Gasteiger partial charge in [0.25, 0.3) is 0 Å². The van der Waals surface area contributed by atoms with Gasteiger partial charge in [-0.1, -0.05) is 54.6 Å². The van der Waals surface area contributed by atoms with Crippen molar-refractivity contribution in [1.82, 2.24) is 16.0 Å². The number of nitrogens with one attached hydrogen (secondary N) is 4. The molecule has 0 radical (unpaired) electrons. The maximum Gasteiger partial charge on any atom is 0.243 e. The average molecular weight is 552 g/mol. The largest absolute Gasteiger partial charge is 0.384 e. The number of guanidine groups is 1. The summed E-state index contributed by atoms with van der Waals surface area (Å²) in [5.74, 6) is -3.95. The third-order valence-electron chi connectivity index (χ3n) is 6.11. The molecule has 0 fully saturated rings. The highest BCUT2D eigenvalue weighted by atomic mass is 16.2. The Morgan fingerprint density at radius 3 is 1.95 bits per heavy atom. The van der Waals surface area contributed by atoms with Gasteiger partial charge in [-0.05, 0) is 30.4 Å². The molecule has 13 heteroatoms. The van der Waals surface area contributed by atoms with Crippen molar-refractivity contribution in [3.8, 4) is 0 Å². The van der Waals surface area contributed by atoms with Crippen molar-refractivity contribution in [2.45, 2.75) is 37.8 Å². The van der Waals surface area contributed by atoms with Gasteiger partial charge in [0.15, 0.2) is 5.96 Å². The van der Waals surface area contributed by atoms with E-state index in [1.165, 1.54) is 7.05 Å². The highest BCUT2D eigenvalue weighted by Crippen LogP contribution is 2.13. The molecule has 2 rings (SSSR count). The van der Waals surface area contributed by atoms with Gasteiger partial charge in [0.2, 0.25) is 23.6 Å². The van der Waals surface area contributed by atoms with Crippen LogP contribution in [0.5, 0.6) is 0 Å². The molecule has 2 aromatic carbocycles. The number of nitrogens with two attached hydrogens (primary N) is 4. The number of amidine groups is 1. The van der Waals surface area contributed by atoms with Crippen LogP contribution >= 0.6 is 0 Å².